The Morgan fingerprint density at radius 3 is 2.40 bits per heavy atom. The lowest BCUT2D eigenvalue weighted by molar-refractivity contribution is -0.276. The lowest BCUT2D eigenvalue weighted by atomic mass is 9.83. The van der Waals surface area contributed by atoms with Crippen molar-refractivity contribution in [3.8, 4) is 0 Å². The summed E-state index contributed by atoms with van der Waals surface area (Å²) in [5, 5.41) is 2.70. The highest BCUT2D eigenvalue weighted by Gasteiger charge is 2.64. The number of oxime groups is 1. The Morgan fingerprint density at radius 2 is 1.73 bits per heavy atom. The Hall–Kier alpha value is -2.03. The molecular weight excluding hydrogens is 447 g/mol. The third-order valence-corrected chi connectivity index (χ3v) is 6.44. The van der Waals surface area contributed by atoms with Gasteiger partial charge < -0.3 is 14.5 Å². The standard InChI is InChI=1S/C20H14Cl2F4N2O2/c21-14-5-12(6-15(22)17(14)23)19(20(24,25)26)7-16(27-30-19)28-9-18(10-28)13-4-2-1-3-11(13)8-29-18/h1-6H,7-10H2. The Morgan fingerprint density at radius 1 is 1.07 bits per heavy atom. The molecule has 0 aromatic heterocycles. The minimum absolute atomic E-state index is 0.141. The van der Waals surface area contributed by atoms with Crippen LogP contribution in [-0.4, -0.2) is 30.0 Å². The molecule has 2 aromatic rings. The molecule has 1 unspecified atom stereocenters. The van der Waals surface area contributed by atoms with E-state index in [2.05, 4.69) is 5.16 Å². The summed E-state index contributed by atoms with van der Waals surface area (Å²) >= 11 is 11.5. The van der Waals surface area contributed by atoms with Crippen LogP contribution in [0.3, 0.4) is 0 Å². The number of fused-ring (bicyclic) bond motifs is 2. The molecule has 2 aromatic carbocycles. The van der Waals surface area contributed by atoms with Gasteiger partial charge in [0.1, 0.15) is 11.4 Å². The molecule has 3 heterocycles. The minimum Gasteiger partial charge on any atom is -0.372 e. The minimum atomic E-state index is -4.83. The molecule has 4 nitrogen and oxygen atoms in total. The zero-order chi connectivity index (χ0) is 21.3. The van der Waals surface area contributed by atoms with E-state index in [0.29, 0.717) is 19.7 Å². The van der Waals surface area contributed by atoms with Crippen molar-refractivity contribution in [2.75, 3.05) is 13.1 Å². The number of nitrogens with zero attached hydrogens (tertiary/aromatic N) is 2. The number of rotatable bonds is 1. The maximum atomic E-state index is 14.1. The monoisotopic (exact) mass is 460 g/mol. The number of alkyl halides is 3. The third kappa shape index (κ3) is 2.73. The summed E-state index contributed by atoms with van der Waals surface area (Å²) in [5.74, 6) is -0.845. The van der Waals surface area contributed by atoms with E-state index >= 15 is 0 Å². The smallest absolute Gasteiger partial charge is 0.372 e. The molecule has 0 bridgehead atoms. The van der Waals surface area contributed by atoms with Crippen molar-refractivity contribution in [3.63, 3.8) is 0 Å². The molecule has 5 rings (SSSR count). The molecule has 30 heavy (non-hydrogen) atoms. The van der Waals surface area contributed by atoms with Crippen LogP contribution < -0.4 is 0 Å². The fraction of sp³-hybridized carbons (Fsp3) is 0.350. The Balaban J connectivity index is 1.41. The molecule has 1 fully saturated rings. The molecule has 10 heteroatoms. The molecule has 1 saturated heterocycles. The fourth-order valence-corrected chi connectivity index (χ4v) is 4.73. The van der Waals surface area contributed by atoms with E-state index in [1.54, 1.807) is 4.90 Å². The van der Waals surface area contributed by atoms with E-state index in [1.807, 2.05) is 24.3 Å². The summed E-state index contributed by atoms with van der Waals surface area (Å²) in [6.07, 6.45) is -5.41. The molecule has 1 spiro atoms. The number of likely N-dealkylation sites (tertiary alicyclic amines) is 1. The predicted molar refractivity (Wildman–Crippen MR) is 102 cm³/mol. The van der Waals surface area contributed by atoms with Crippen LogP contribution >= 0.6 is 23.2 Å². The van der Waals surface area contributed by atoms with Gasteiger partial charge in [0.15, 0.2) is 5.82 Å². The van der Waals surface area contributed by atoms with Gasteiger partial charge in [-0.3, -0.25) is 0 Å². The maximum Gasteiger partial charge on any atom is 0.435 e. The van der Waals surface area contributed by atoms with Crippen molar-refractivity contribution in [2.45, 2.75) is 30.4 Å². The van der Waals surface area contributed by atoms with Crippen molar-refractivity contribution in [1.82, 2.24) is 4.90 Å². The highest BCUT2D eigenvalue weighted by molar-refractivity contribution is 6.35. The first kappa shape index (κ1) is 19.9. The van der Waals surface area contributed by atoms with Crippen molar-refractivity contribution < 1.29 is 27.1 Å². The van der Waals surface area contributed by atoms with Gasteiger partial charge in [-0.25, -0.2) is 4.39 Å². The van der Waals surface area contributed by atoms with E-state index in [4.69, 9.17) is 32.8 Å². The van der Waals surface area contributed by atoms with Crippen LogP contribution in [-0.2, 0) is 27.4 Å². The molecule has 0 amide bonds. The van der Waals surface area contributed by atoms with Gasteiger partial charge in [0.25, 0.3) is 5.60 Å². The summed E-state index contributed by atoms with van der Waals surface area (Å²) in [7, 11) is 0. The molecule has 0 saturated carbocycles. The molecule has 1 atom stereocenters. The molecule has 3 aliphatic rings. The van der Waals surface area contributed by atoms with Crippen molar-refractivity contribution >= 4 is 29.0 Å². The number of amidine groups is 1. The SMILES string of the molecule is Fc1c(Cl)cc(C2(C(F)(F)F)CC(N3CC4(C3)OCc3ccccc34)=NO2)cc1Cl. The fourth-order valence-electron chi connectivity index (χ4n) is 4.25. The molecule has 0 N–H and O–H groups in total. The molecule has 0 aliphatic carbocycles. The average molecular weight is 461 g/mol. The van der Waals surface area contributed by atoms with Crippen LogP contribution in [0.5, 0.6) is 0 Å². The van der Waals surface area contributed by atoms with Crippen LogP contribution in [0, 0.1) is 5.82 Å². The first-order valence-corrected chi connectivity index (χ1v) is 9.85. The highest BCUT2D eigenvalue weighted by atomic mass is 35.5. The van der Waals surface area contributed by atoms with Gasteiger partial charge in [-0.15, -0.1) is 0 Å². The Bertz CT molecular complexity index is 1050. The van der Waals surface area contributed by atoms with Crippen LogP contribution in [0.2, 0.25) is 10.0 Å². The number of hydrogen-bond acceptors (Lipinski definition) is 4. The zero-order valence-corrected chi connectivity index (χ0v) is 16.8. The van der Waals surface area contributed by atoms with E-state index in [-0.39, 0.29) is 5.84 Å². The summed E-state index contributed by atoms with van der Waals surface area (Å²) in [6.45, 7) is 1.20. The van der Waals surface area contributed by atoms with Crippen LogP contribution in [0.25, 0.3) is 0 Å². The van der Waals surface area contributed by atoms with E-state index in [9.17, 15) is 17.6 Å². The normalized spacial score (nSPS) is 24.5. The lowest BCUT2D eigenvalue weighted by Gasteiger charge is -2.48. The average Bonchev–Trinajstić information content (AvgIpc) is 3.27. The van der Waals surface area contributed by atoms with Crippen LogP contribution in [0.15, 0.2) is 41.6 Å². The maximum absolute atomic E-state index is 14.1. The lowest BCUT2D eigenvalue weighted by Crippen LogP contribution is -2.61. The summed E-state index contributed by atoms with van der Waals surface area (Å²) in [6, 6.07) is 9.52. The topological polar surface area (TPSA) is 34.1 Å². The number of halogens is 6. The number of ether oxygens (including phenoxy) is 1. The second kappa shape index (κ2) is 6.48. The van der Waals surface area contributed by atoms with Gasteiger partial charge in [0, 0.05) is 5.56 Å². The van der Waals surface area contributed by atoms with Crippen LogP contribution in [0.1, 0.15) is 23.1 Å². The summed E-state index contributed by atoms with van der Waals surface area (Å²) in [5.41, 5.74) is -1.63. The number of hydrogen-bond donors (Lipinski definition) is 0. The summed E-state index contributed by atoms with van der Waals surface area (Å²) in [4.78, 5) is 6.67. The second-order valence-electron chi connectivity index (χ2n) is 7.65. The van der Waals surface area contributed by atoms with Gasteiger partial charge in [-0.05, 0) is 23.3 Å². The van der Waals surface area contributed by atoms with Gasteiger partial charge in [0.05, 0.1) is 36.2 Å². The summed E-state index contributed by atoms with van der Waals surface area (Å²) < 4.78 is 62.0. The van der Waals surface area contributed by atoms with E-state index in [0.717, 1.165) is 23.3 Å². The number of benzene rings is 2. The first-order valence-electron chi connectivity index (χ1n) is 9.09. The second-order valence-corrected chi connectivity index (χ2v) is 8.46. The van der Waals surface area contributed by atoms with E-state index < -0.39 is 45.2 Å². The van der Waals surface area contributed by atoms with Gasteiger partial charge in [-0.2, -0.15) is 13.2 Å². The van der Waals surface area contributed by atoms with Crippen LogP contribution in [0.4, 0.5) is 17.6 Å². The van der Waals surface area contributed by atoms with Gasteiger partial charge in [-0.1, -0.05) is 52.6 Å². The highest BCUT2D eigenvalue weighted by Crippen LogP contribution is 2.51. The van der Waals surface area contributed by atoms with Gasteiger partial charge >= 0.3 is 6.18 Å². The van der Waals surface area contributed by atoms with E-state index in [1.165, 1.54) is 0 Å². The molecule has 3 aliphatic heterocycles. The molecule has 158 valence electrons. The predicted octanol–water partition coefficient (Wildman–Crippen LogP) is 5.37. The quantitative estimate of drug-likeness (QED) is 0.424. The Labute approximate surface area is 178 Å². The van der Waals surface area contributed by atoms with Crippen molar-refractivity contribution in [1.29, 1.82) is 0 Å². The van der Waals surface area contributed by atoms with Crippen molar-refractivity contribution in [3.05, 3.63) is 69.0 Å². The first-order chi connectivity index (χ1) is 14.2. The molecule has 0 radical (unpaired) electrons. The van der Waals surface area contributed by atoms with Crippen molar-refractivity contribution in [2.24, 2.45) is 5.16 Å². The largest absolute Gasteiger partial charge is 0.435 e. The Kier molecular flexibility index (Phi) is 4.30. The van der Waals surface area contributed by atoms with Gasteiger partial charge in [0.2, 0.25) is 0 Å². The zero-order valence-electron chi connectivity index (χ0n) is 15.3. The third-order valence-electron chi connectivity index (χ3n) is 5.89. The molecular formula is C20H14Cl2F4N2O2.